The van der Waals surface area contributed by atoms with E-state index in [0.717, 1.165) is 64.2 Å². The van der Waals surface area contributed by atoms with Crippen molar-refractivity contribution in [1.82, 2.24) is 0 Å². The van der Waals surface area contributed by atoms with Crippen molar-refractivity contribution in [3.05, 3.63) is 105 Å². The van der Waals surface area contributed by atoms with E-state index in [0.29, 0.717) is 11.1 Å². The number of aromatic hydroxyl groups is 2. The fourth-order valence-electron chi connectivity index (χ4n) is 6.96. The average molecular weight is 578 g/mol. The Hall–Kier alpha value is -2.26. The molecule has 2 aromatic carbocycles. The van der Waals surface area contributed by atoms with Gasteiger partial charge in [0.05, 0.1) is 0 Å². The molecule has 2 unspecified atom stereocenters. The van der Waals surface area contributed by atoms with Gasteiger partial charge in [0.15, 0.2) is 0 Å². The summed E-state index contributed by atoms with van der Waals surface area (Å²) in [5.41, 5.74) is 9.11. The van der Waals surface area contributed by atoms with Crippen molar-refractivity contribution in [2.75, 3.05) is 0 Å². The second-order valence-electron chi connectivity index (χ2n) is 10.7. The van der Waals surface area contributed by atoms with Gasteiger partial charge in [0.2, 0.25) is 0 Å². The molecule has 0 amide bonds. The summed E-state index contributed by atoms with van der Waals surface area (Å²) < 4.78 is 28.5. The van der Waals surface area contributed by atoms with E-state index < -0.39 is 0 Å². The average Bonchev–Trinajstić information content (AvgIpc) is 3.43. The van der Waals surface area contributed by atoms with Gasteiger partial charge in [-0.3, -0.25) is 0 Å². The molecule has 0 aromatic heterocycles. The molecule has 4 aliphatic rings. The second kappa shape index (κ2) is 10.8. The quantitative estimate of drug-likeness (QED) is 0.373. The maximum atomic E-state index is 14.2. The minimum atomic E-state index is -0.330. The molecule has 0 bridgehead atoms. The molecule has 4 aliphatic carbocycles. The summed E-state index contributed by atoms with van der Waals surface area (Å²) in [6.07, 6.45) is 14.7. The van der Waals surface area contributed by atoms with E-state index in [1.165, 1.54) is 69.8 Å². The van der Waals surface area contributed by atoms with Gasteiger partial charge in [0.1, 0.15) is 23.1 Å². The Morgan fingerprint density at radius 1 is 0.622 bits per heavy atom. The number of halogens is 2. The smallest absolute Gasteiger partial charge is 0.123 e. The van der Waals surface area contributed by atoms with Crippen molar-refractivity contribution < 1.29 is 45.2 Å². The van der Waals surface area contributed by atoms with Crippen LogP contribution in [-0.2, 0) is 26.2 Å². The van der Waals surface area contributed by atoms with Gasteiger partial charge in [0, 0.05) is 49.2 Å². The molecule has 0 radical (unpaired) electrons. The third kappa shape index (κ3) is 4.97. The zero-order chi connectivity index (χ0) is 24.8. The number of hydrogen-bond acceptors (Lipinski definition) is 2. The summed E-state index contributed by atoms with van der Waals surface area (Å²) in [5, 5.41) is 21.3. The zero-order valence-corrected chi connectivity index (χ0v) is 23.5. The van der Waals surface area contributed by atoms with Crippen LogP contribution in [0.3, 0.4) is 0 Å². The van der Waals surface area contributed by atoms with Crippen LogP contribution in [0.4, 0.5) is 8.78 Å². The molecule has 0 fully saturated rings. The van der Waals surface area contributed by atoms with Gasteiger partial charge >= 0.3 is 0 Å². The third-order valence-electron chi connectivity index (χ3n) is 8.57. The second-order valence-corrected chi connectivity index (χ2v) is 10.7. The Balaban J connectivity index is 0.00000280. The SMILES string of the molecule is Oc1ccc(F)cc1C1C(CCC2=CC3=C(CCCC3)C2c2cc(F)ccc2O)=CC2=C1CCCC2.[Zr]. The molecule has 2 atom stereocenters. The Kier molecular flexibility index (Phi) is 7.73. The van der Waals surface area contributed by atoms with Crippen molar-refractivity contribution in [2.45, 2.75) is 76.0 Å². The van der Waals surface area contributed by atoms with Crippen LogP contribution in [0.5, 0.6) is 11.5 Å². The van der Waals surface area contributed by atoms with Crippen molar-refractivity contribution in [3.63, 3.8) is 0 Å². The normalized spacial score (nSPS) is 22.9. The van der Waals surface area contributed by atoms with Crippen molar-refractivity contribution in [2.24, 2.45) is 0 Å². The van der Waals surface area contributed by atoms with E-state index >= 15 is 0 Å². The molecule has 2 nitrogen and oxygen atoms in total. The summed E-state index contributed by atoms with van der Waals surface area (Å²) >= 11 is 0. The standard InChI is InChI=1S/C32H32F2O2.Zr/c33-23-11-13-29(35)27(17-23)31-21(15-19-5-1-3-7-25(19)31)9-10-22-16-20-6-2-4-8-26(20)32(22)28-18-24(34)12-14-30(28)36;/h11-18,31-32,35-36H,1-10H2;. The van der Waals surface area contributed by atoms with Gasteiger partial charge in [-0.05, 0) is 112 Å². The summed E-state index contributed by atoms with van der Waals surface area (Å²) in [6.45, 7) is 0. The summed E-state index contributed by atoms with van der Waals surface area (Å²) in [7, 11) is 0. The first-order valence-corrected chi connectivity index (χ1v) is 13.3. The Bertz CT molecular complexity index is 1250. The van der Waals surface area contributed by atoms with Crippen molar-refractivity contribution >= 4 is 0 Å². The fourth-order valence-corrected chi connectivity index (χ4v) is 6.96. The maximum absolute atomic E-state index is 14.2. The zero-order valence-electron chi connectivity index (χ0n) is 21.0. The molecule has 0 spiro atoms. The first kappa shape index (κ1) is 26.4. The Morgan fingerprint density at radius 3 is 1.46 bits per heavy atom. The van der Waals surface area contributed by atoms with Gasteiger partial charge < -0.3 is 10.2 Å². The van der Waals surface area contributed by atoms with E-state index in [1.54, 1.807) is 0 Å². The molecule has 5 heteroatoms. The molecule has 0 saturated heterocycles. The van der Waals surface area contributed by atoms with Gasteiger partial charge in [-0.1, -0.05) is 34.4 Å². The van der Waals surface area contributed by atoms with Gasteiger partial charge in [-0.15, -0.1) is 0 Å². The molecule has 0 heterocycles. The molecule has 0 saturated carbocycles. The monoisotopic (exact) mass is 576 g/mol. The van der Waals surface area contributed by atoms with Crippen molar-refractivity contribution in [1.29, 1.82) is 0 Å². The number of phenols is 2. The molecule has 190 valence electrons. The first-order valence-electron chi connectivity index (χ1n) is 13.3. The summed E-state index contributed by atoms with van der Waals surface area (Å²) in [6, 6.07) is 8.52. The molecule has 37 heavy (non-hydrogen) atoms. The minimum Gasteiger partial charge on any atom is -0.508 e. The molecular weight excluding hydrogens is 546 g/mol. The van der Waals surface area contributed by atoms with Crippen LogP contribution in [0.2, 0.25) is 0 Å². The topological polar surface area (TPSA) is 40.5 Å². The predicted octanol–water partition coefficient (Wildman–Crippen LogP) is 8.64. The van der Waals surface area contributed by atoms with E-state index in [2.05, 4.69) is 12.2 Å². The fraction of sp³-hybridized carbons (Fsp3) is 0.375. The summed E-state index contributed by atoms with van der Waals surface area (Å²) in [5.74, 6) is -0.533. The molecule has 2 N–H and O–H groups in total. The van der Waals surface area contributed by atoms with Crippen LogP contribution in [0.25, 0.3) is 0 Å². The van der Waals surface area contributed by atoms with Gasteiger partial charge in [-0.25, -0.2) is 8.78 Å². The minimum absolute atomic E-state index is 0. The number of benzene rings is 2. The van der Waals surface area contributed by atoms with E-state index in [1.807, 2.05) is 0 Å². The molecular formula is C32H32F2O2Zr. The van der Waals surface area contributed by atoms with Crippen LogP contribution >= 0.6 is 0 Å². The molecule has 0 aliphatic heterocycles. The Morgan fingerprint density at radius 2 is 1.03 bits per heavy atom. The van der Waals surface area contributed by atoms with Crippen LogP contribution in [0, 0.1) is 11.6 Å². The number of hydrogen-bond donors (Lipinski definition) is 2. The molecule has 6 rings (SSSR count). The maximum Gasteiger partial charge on any atom is 0.123 e. The predicted molar refractivity (Wildman–Crippen MR) is 138 cm³/mol. The van der Waals surface area contributed by atoms with Crippen LogP contribution in [-0.4, -0.2) is 10.2 Å². The number of allylic oxidation sites excluding steroid dienone is 8. The van der Waals surface area contributed by atoms with Gasteiger partial charge in [-0.2, -0.15) is 0 Å². The van der Waals surface area contributed by atoms with E-state index in [-0.39, 0.29) is 61.2 Å². The molecule has 2 aromatic rings. The third-order valence-corrected chi connectivity index (χ3v) is 8.57. The van der Waals surface area contributed by atoms with E-state index in [4.69, 9.17) is 0 Å². The number of rotatable bonds is 5. The largest absolute Gasteiger partial charge is 0.508 e. The van der Waals surface area contributed by atoms with Crippen LogP contribution in [0.15, 0.2) is 82.0 Å². The number of phenolic OH excluding ortho intramolecular Hbond substituents is 2. The first-order chi connectivity index (χ1) is 17.5. The van der Waals surface area contributed by atoms with Gasteiger partial charge in [0.25, 0.3) is 0 Å². The van der Waals surface area contributed by atoms with Crippen LogP contribution < -0.4 is 0 Å². The van der Waals surface area contributed by atoms with Crippen LogP contribution in [0.1, 0.15) is 87.2 Å². The van der Waals surface area contributed by atoms with Crippen molar-refractivity contribution in [3.8, 4) is 11.5 Å². The Labute approximate surface area is 236 Å². The van der Waals surface area contributed by atoms with E-state index in [9.17, 15) is 19.0 Å². The summed E-state index contributed by atoms with van der Waals surface area (Å²) in [4.78, 5) is 0.